The first-order valence-corrected chi connectivity index (χ1v) is 9.34. The molecule has 1 heterocycles. The van der Waals surface area contributed by atoms with E-state index in [0.717, 1.165) is 12.8 Å². The molecule has 0 unspecified atom stereocenters. The fraction of sp³-hybridized carbons (Fsp3) is 0.812. The Morgan fingerprint density at radius 3 is 2.52 bits per heavy atom. The van der Waals surface area contributed by atoms with Crippen molar-refractivity contribution < 1.29 is 13.2 Å². The van der Waals surface area contributed by atoms with Crippen molar-refractivity contribution in [2.45, 2.75) is 53.5 Å². The molecule has 0 spiro atoms. The zero-order valence-electron chi connectivity index (χ0n) is 13.7. The van der Waals surface area contributed by atoms with E-state index in [-0.39, 0.29) is 28.5 Å². The molecular weight excluding hydrogens is 286 g/mol. The third-order valence-electron chi connectivity index (χ3n) is 6.34. The van der Waals surface area contributed by atoms with Crippen LogP contribution in [0.4, 0.5) is 0 Å². The summed E-state index contributed by atoms with van der Waals surface area (Å²) in [6.45, 7) is 13.9. The maximum Gasteiger partial charge on any atom is 0.242 e. The minimum Gasteiger partial charge on any atom is -0.273 e. The molecule has 1 aliphatic carbocycles. The van der Waals surface area contributed by atoms with Crippen LogP contribution >= 0.6 is 0 Å². The van der Waals surface area contributed by atoms with Gasteiger partial charge in [0.05, 0.1) is 17.7 Å². The predicted molar refractivity (Wildman–Crippen MR) is 84.1 cm³/mol. The van der Waals surface area contributed by atoms with Crippen LogP contribution in [0.15, 0.2) is 12.7 Å². The highest BCUT2D eigenvalue weighted by Crippen LogP contribution is 2.63. The van der Waals surface area contributed by atoms with E-state index in [1.165, 1.54) is 10.4 Å². The zero-order chi connectivity index (χ0) is 16.2. The van der Waals surface area contributed by atoms with Gasteiger partial charge in [-0.3, -0.25) is 4.79 Å². The molecule has 120 valence electrons. The summed E-state index contributed by atoms with van der Waals surface area (Å²) in [4.78, 5) is 12.6. The van der Waals surface area contributed by atoms with Crippen LogP contribution in [0, 0.1) is 22.7 Å². The van der Waals surface area contributed by atoms with Crippen molar-refractivity contribution in [3.05, 3.63) is 12.7 Å². The van der Waals surface area contributed by atoms with Crippen LogP contribution in [0.2, 0.25) is 0 Å². The highest BCUT2D eigenvalue weighted by molar-refractivity contribution is 7.90. The second-order valence-electron chi connectivity index (χ2n) is 7.30. The molecule has 1 saturated carbocycles. The summed E-state index contributed by atoms with van der Waals surface area (Å²) in [5.74, 6) is -0.303. The quantitative estimate of drug-likeness (QED) is 0.753. The van der Waals surface area contributed by atoms with E-state index >= 15 is 0 Å². The third-order valence-corrected chi connectivity index (χ3v) is 8.26. The van der Waals surface area contributed by atoms with Gasteiger partial charge in [0, 0.05) is 5.41 Å². The number of hydrogen-bond donors (Lipinski definition) is 0. The summed E-state index contributed by atoms with van der Waals surface area (Å²) >= 11 is 0. The highest BCUT2D eigenvalue weighted by Gasteiger charge is 2.67. The van der Waals surface area contributed by atoms with E-state index in [0.29, 0.717) is 5.92 Å². The van der Waals surface area contributed by atoms with Crippen LogP contribution in [0.5, 0.6) is 0 Å². The monoisotopic (exact) mass is 313 g/mol. The smallest absolute Gasteiger partial charge is 0.242 e. The molecule has 0 aromatic carbocycles. The molecule has 0 aromatic heterocycles. The minimum absolute atomic E-state index is 0.0913. The average Bonchev–Trinajstić information content (AvgIpc) is 2.74. The molecule has 2 aliphatic rings. The second kappa shape index (κ2) is 4.83. The average molecular weight is 313 g/mol. The Bertz CT molecular complexity index is 566. The van der Waals surface area contributed by atoms with Crippen LogP contribution in [0.1, 0.15) is 47.5 Å². The number of carbonyl (C=O) groups excluding carboxylic acids is 1. The molecule has 2 rings (SSSR count). The number of sulfonamides is 1. The molecule has 1 aliphatic heterocycles. The van der Waals surface area contributed by atoms with Crippen molar-refractivity contribution in [3.63, 3.8) is 0 Å². The van der Waals surface area contributed by atoms with Gasteiger partial charge in [-0.1, -0.05) is 40.7 Å². The van der Waals surface area contributed by atoms with E-state index in [9.17, 15) is 13.2 Å². The lowest BCUT2D eigenvalue weighted by atomic mass is 9.63. The molecule has 0 radical (unpaired) electrons. The van der Waals surface area contributed by atoms with Gasteiger partial charge in [0.1, 0.15) is 0 Å². The minimum atomic E-state index is -3.53. The topological polar surface area (TPSA) is 54.5 Å². The van der Waals surface area contributed by atoms with E-state index in [1.807, 2.05) is 6.92 Å². The molecule has 21 heavy (non-hydrogen) atoms. The van der Waals surface area contributed by atoms with Gasteiger partial charge in [0.25, 0.3) is 0 Å². The highest BCUT2D eigenvalue weighted by atomic mass is 32.2. The molecule has 4 nitrogen and oxygen atoms in total. The van der Waals surface area contributed by atoms with Gasteiger partial charge in [0.2, 0.25) is 15.9 Å². The summed E-state index contributed by atoms with van der Waals surface area (Å²) in [7, 11) is -3.53. The molecule has 1 amide bonds. The first-order chi connectivity index (χ1) is 9.55. The Hall–Kier alpha value is -0.840. The van der Waals surface area contributed by atoms with Crippen LogP contribution in [-0.4, -0.2) is 30.4 Å². The lowest BCUT2D eigenvalue weighted by Crippen LogP contribution is -2.46. The van der Waals surface area contributed by atoms with Crippen LogP contribution in [0.25, 0.3) is 0 Å². The maximum absolute atomic E-state index is 12.7. The SMILES string of the molecule is C=C[C@H](C)C(=O)N1[C@H]2C[C@H](C)C(C)(C)[C@@]2(CC)CS1(=O)=O. The van der Waals surface area contributed by atoms with E-state index in [1.54, 1.807) is 6.92 Å². The Balaban J connectivity index is 2.55. The van der Waals surface area contributed by atoms with Crippen molar-refractivity contribution in [3.8, 4) is 0 Å². The number of fused-ring (bicyclic) bond motifs is 1. The Labute approximate surface area is 128 Å². The van der Waals surface area contributed by atoms with E-state index in [2.05, 4.69) is 27.4 Å². The number of hydrogen-bond acceptors (Lipinski definition) is 3. The lowest BCUT2D eigenvalue weighted by molar-refractivity contribution is -0.131. The molecular formula is C16H27NO3S. The van der Waals surface area contributed by atoms with Gasteiger partial charge in [-0.2, -0.15) is 0 Å². The van der Waals surface area contributed by atoms with Crippen molar-refractivity contribution in [1.82, 2.24) is 4.31 Å². The van der Waals surface area contributed by atoms with Gasteiger partial charge in [0.15, 0.2) is 0 Å². The predicted octanol–water partition coefficient (Wildman–Crippen LogP) is 2.81. The van der Waals surface area contributed by atoms with E-state index in [4.69, 9.17) is 0 Å². The molecule has 2 fully saturated rings. The number of nitrogens with zero attached hydrogens (tertiary/aromatic N) is 1. The van der Waals surface area contributed by atoms with Crippen LogP contribution < -0.4 is 0 Å². The van der Waals surface area contributed by atoms with Crippen LogP contribution in [0.3, 0.4) is 0 Å². The number of carbonyl (C=O) groups is 1. The summed E-state index contributed by atoms with van der Waals surface area (Å²) < 4.78 is 26.5. The Morgan fingerprint density at radius 2 is 2.05 bits per heavy atom. The van der Waals surface area contributed by atoms with Gasteiger partial charge >= 0.3 is 0 Å². The zero-order valence-corrected chi connectivity index (χ0v) is 14.5. The maximum atomic E-state index is 12.7. The molecule has 0 N–H and O–H groups in total. The Morgan fingerprint density at radius 1 is 1.48 bits per heavy atom. The lowest BCUT2D eigenvalue weighted by Gasteiger charge is -2.41. The normalized spacial score (nSPS) is 38.0. The third kappa shape index (κ3) is 2.00. The van der Waals surface area contributed by atoms with E-state index < -0.39 is 15.9 Å². The molecule has 0 bridgehead atoms. The Kier molecular flexibility index (Phi) is 3.80. The number of rotatable bonds is 3. The molecule has 5 heteroatoms. The number of amides is 1. The largest absolute Gasteiger partial charge is 0.273 e. The summed E-state index contributed by atoms with van der Waals surface area (Å²) in [5.41, 5.74) is -0.423. The second-order valence-corrected chi connectivity index (χ2v) is 9.14. The van der Waals surface area contributed by atoms with Crippen molar-refractivity contribution in [2.75, 3.05) is 5.75 Å². The van der Waals surface area contributed by atoms with Gasteiger partial charge in [-0.25, -0.2) is 12.7 Å². The van der Waals surface area contributed by atoms with Crippen molar-refractivity contribution in [1.29, 1.82) is 0 Å². The first-order valence-electron chi connectivity index (χ1n) is 7.73. The van der Waals surface area contributed by atoms with Crippen LogP contribution in [-0.2, 0) is 14.8 Å². The van der Waals surface area contributed by atoms with Crippen molar-refractivity contribution in [2.24, 2.45) is 22.7 Å². The van der Waals surface area contributed by atoms with Gasteiger partial charge < -0.3 is 0 Å². The first kappa shape index (κ1) is 16.5. The summed E-state index contributed by atoms with van der Waals surface area (Å²) in [6, 6.07) is -0.201. The summed E-state index contributed by atoms with van der Waals surface area (Å²) in [6.07, 6.45) is 3.06. The molecule has 4 atom stereocenters. The fourth-order valence-corrected chi connectivity index (χ4v) is 7.03. The standard InChI is InChI=1S/C16H27NO3S/c1-7-11(3)14(18)17-13-9-12(4)15(5,6)16(13,8-2)10-21(17,19)20/h7,11-13H,1,8-10H2,2-6H3/t11-,12-,13-,16-/m0/s1. The molecule has 0 aromatic rings. The van der Waals surface area contributed by atoms with Gasteiger partial charge in [-0.05, 0) is 24.2 Å². The molecule has 1 saturated heterocycles. The van der Waals surface area contributed by atoms with Crippen molar-refractivity contribution >= 4 is 15.9 Å². The van der Waals surface area contributed by atoms with Gasteiger partial charge in [-0.15, -0.1) is 6.58 Å². The fourth-order valence-electron chi connectivity index (χ4n) is 4.35. The summed E-state index contributed by atoms with van der Waals surface area (Å²) in [5, 5.41) is 0.